The first-order valence-corrected chi connectivity index (χ1v) is 8.16. The van der Waals surface area contributed by atoms with Crippen LogP contribution in [0, 0.1) is 0 Å². The fourth-order valence-electron chi connectivity index (χ4n) is 1.99. The van der Waals surface area contributed by atoms with Crippen molar-refractivity contribution in [2.45, 2.75) is 12.6 Å². The maximum Gasteiger partial charge on any atom is 0.173 e. The van der Waals surface area contributed by atoms with Crippen LogP contribution in [0.25, 0.3) is 5.65 Å². The third-order valence-corrected chi connectivity index (χ3v) is 4.72. The van der Waals surface area contributed by atoms with Gasteiger partial charge in [0.2, 0.25) is 0 Å². The smallest absolute Gasteiger partial charge is 0.173 e. The van der Waals surface area contributed by atoms with Crippen LogP contribution >= 0.6 is 15.9 Å². The Morgan fingerprint density at radius 3 is 3.00 bits per heavy atom. The molecule has 1 atom stereocenters. The average molecular weight is 343 g/mol. The van der Waals surface area contributed by atoms with Gasteiger partial charge in [0.25, 0.3) is 0 Å². The molecule has 1 unspecified atom stereocenters. The number of aromatic nitrogens is 3. The van der Waals surface area contributed by atoms with E-state index in [0.717, 1.165) is 15.9 Å². The summed E-state index contributed by atoms with van der Waals surface area (Å²) in [5.74, 6) is 0.120. The zero-order valence-corrected chi connectivity index (χ0v) is 12.2. The monoisotopic (exact) mass is 342 g/mol. The molecule has 0 radical (unpaired) electrons. The molecule has 1 aliphatic rings. The molecule has 0 fully saturated rings. The molecule has 0 amide bonds. The van der Waals surface area contributed by atoms with E-state index >= 15 is 0 Å². The van der Waals surface area contributed by atoms with E-state index in [4.69, 9.17) is 0 Å². The predicted molar refractivity (Wildman–Crippen MR) is 74.2 cm³/mol. The third-order valence-electron chi connectivity index (χ3n) is 2.92. The highest BCUT2D eigenvalue weighted by Gasteiger charge is 2.21. The van der Waals surface area contributed by atoms with Crippen LogP contribution in [0.15, 0.2) is 34.7 Å². The van der Waals surface area contributed by atoms with Gasteiger partial charge >= 0.3 is 0 Å². The summed E-state index contributed by atoms with van der Waals surface area (Å²) in [7, 11) is -3.02. The van der Waals surface area contributed by atoms with Gasteiger partial charge < -0.3 is 5.32 Å². The summed E-state index contributed by atoms with van der Waals surface area (Å²) in [5, 5.41) is 4.45. The van der Waals surface area contributed by atoms with Crippen molar-refractivity contribution in [3.63, 3.8) is 0 Å². The first-order valence-electron chi connectivity index (χ1n) is 5.65. The van der Waals surface area contributed by atoms with Gasteiger partial charge in [0, 0.05) is 24.2 Å². The second-order valence-corrected chi connectivity index (χ2v) is 7.08. The van der Waals surface area contributed by atoms with Crippen molar-refractivity contribution in [1.29, 1.82) is 0 Å². The minimum atomic E-state index is -3.02. The van der Waals surface area contributed by atoms with E-state index in [1.165, 1.54) is 5.41 Å². The molecule has 0 spiro atoms. The van der Waals surface area contributed by atoms with E-state index in [9.17, 15) is 8.42 Å². The molecule has 2 aromatic heterocycles. The first kappa shape index (κ1) is 12.8. The molecule has 0 bridgehead atoms. The largest absolute Gasteiger partial charge is 0.304 e. The Hall–Kier alpha value is -1.25. The molecule has 0 saturated carbocycles. The Labute approximate surface area is 118 Å². The minimum absolute atomic E-state index is 0.120. The number of rotatable bonds is 3. The van der Waals surface area contributed by atoms with Gasteiger partial charge in [0.15, 0.2) is 15.5 Å². The molecule has 100 valence electrons. The Morgan fingerprint density at radius 1 is 1.42 bits per heavy atom. The normalized spacial score (nSPS) is 21.2. The lowest BCUT2D eigenvalue weighted by Gasteiger charge is -2.09. The molecule has 3 heterocycles. The lowest BCUT2D eigenvalue weighted by atomic mass is 10.3. The van der Waals surface area contributed by atoms with Crippen molar-refractivity contribution in [3.05, 3.63) is 40.4 Å². The molecular formula is C11H11BrN4O2S. The van der Waals surface area contributed by atoms with Crippen LogP contribution < -0.4 is 5.32 Å². The van der Waals surface area contributed by atoms with Gasteiger partial charge in [-0.05, 0) is 15.9 Å². The summed E-state index contributed by atoms with van der Waals surface area (Å²) in [6.45, 7) is 0.544. The lowest BCUT2D eigenvalue weighted by molar-refractivity contribution is 0.587. The van der Waals surface area contributed by atoms with Crippen molar-refractivity contribution in [2.24, 2.45) is 0 Å². The summed E-state index contributed by atoms with van der Waals surface area (Å²) >= 11 is 3.31. The van der Waals surface area contributed by atoms with Gasteiger partial charge in [0.1, 0.15) is 4.60 Å². The second kappa shape index (κ2) is 4.69. The van der Waals surface area contributed by atoms with E-state index in [1.807, 2.05) is 10.6 Å². The van der Waals surface area contributed by atoms with Crippen molar-refractivity contribution < 1.29 is 8.42 Å². The van der Waals surface area contributed by atoms with Crippen LogP contribution in [0.4, 0.5) is 0 Å². The third kappa shape index (κ3) is 2.70. The van der Waals surface area contributed by atoms with Crippen LogP contribution in [0.2, 0.25) is 0 Å². The summed E-state index contributed by atoms with van der Waals surface area (Å²) in [6.07, 6.45) is 6.94. The number of nitrogens with one attached hydrogen (secondary N) is 1. The van der Waals surface area contributed by atoms with Crippen LogP contribution in [0.1, 0.15) is 5.69 Å². The highest BCUT2D eigenvalue weighted by atomic mass is 79.9. The summed E-state index contributed by atoms with van der Waals surface area (Å²) < 4.78 is 25.2. The zero-order valence-electron chi connectivity index (χ0n) is 9.82. The lowest BCUT2D eigenvalue weighted by Crippen LogP contribution is -2.29. The molecular weight excluding hydrogens is 332 g/mol. The van der Waals surface area contributed by atoms with Gasteiger partial charge in [0.05, 0.1) is 23.8 Å². The van der Waals surface area contributed by atoms with Crippen LogP contribution in [-0.2, 0) is 16.4 Å². The van der Waals surface area contributed by atoms with E-state index in [-0.39, 0.29) is 11.8 Å². The van der Waals surface area contributed by atoms with Crippen LogP contribution in [0.3, 0.4) is 0 Å². The Kier molecular flexibility index (Phi) is 3.15. The average Bonchev–Trinajstić information content (AvgIpc) is 2.90. The number of fused-ring (bicyclic) bond motifs is 1. The maximum atomic E-state index is 11.3. The topological polar surface area (TPSA) is 76.4 Å². The SMILES string of the molecule is O=S1(=O)C=CC(NCc2cnc3cnc(Br)cn23)C1. The second-order valence-electron chi connectivity index (χ2n) is 4.33. The highest BCUT2D eigenvalue weighted by molar-refractivity contribution is 9.10. The Bertz CT molecular complexity index is 753. The standard InChI is InChI=1S/C11H11BrN4O2S/c12-10-6-16-9(4-15-11(16)5-14-10)3-13-8-1-2-19(17,18)7-8/h1-2,4-6,8,13H,3,7H2. The van der Waals surface area contributed by atoms with Gasteiger partial charge in [-0.2, -0.15) is 0 Å². The molecule has 0 saturated heterocycles. The fourth-order valence-corrected chi connectivity index (χ4v) is 3.56. The molecule has 0 aliphatic carbocycles. The van der Waals surface area contributed by atoms with E-state index in [1.54, 1.807) is 18.5 Å². The molecule has 0 aromatic carbocycles. The number of hydrogen-bond donors (Lipinski definition) is 1. The van der Waals surface area contributed by atoms with Crippen molar-refractivity contribution in [3.8, 4) is 0 Å². The van der Waals surface area contributed by atoms with Crippen molar-refractivity contribution in [1.82, 2.24) is 19.7 Å². The van der Waals surface area contributed by atoms with E-state index < -0.39 is 9.84 Å². The van der Waals surface area contributed by atoms with Crippen LogP contribution in [0.5, 0.6) is 0 Å². The molecule has 8 heteroatoms. The summed E-state index contributed by atoms with van der Waals surface area (Å²) in [4.78, 5) is 8.34. The minimum Gasteiger partial charge on any atom is -0.304 e. The first-order chi connectivity index (χ1) is 9.03. The molecule has 1 N–H and O–H groups in total. The van der Waals surface area contributed by atoms with Crippen LogP contribution in [-0.4, -0.2) is 34.6 Å². The maximum absolute atomic E-state index is 11.3. The number of sulfone groups is 1. The van der Waals surface area contributed by atoms with Gasteiger partial charge in [-0.25, -0.2) is 18.4 Å². The van der Waals surface area contributed by atoms with Crippen molar-refractivity contribution >= 4 is 31.4 Å². The highest BCUT2D eigenvalue weighted by Crippen LogP contribution is 2.12. The zero-order chi connectivity index (χ0) is 13.5. The quantitative estimate of drug-likeness (QED) is 0.896. The van der Waals surface area contributed by atoms with E-state index in [2.05, 4.69) is 31.2 Å². The van der Waals surface area contributed by atoms with Gasteiger partial charge in [-0.1, -0.05) is 6.08 Å². The number of hydrogen-bond acceptors (Lipinski definition) is 5. The van der Waals surface area contributed by atoms with E-state index in [0.29, 0.717) is 6.54 Å². The summed E-state index contributed by atoms with van der Waals surface area (Å²) in [5.41, 5.74) is 1.71. The summed E-state index contributed by atoms with van der Waals surface area (Å²) in [6, 6.07) is -0.138. The molecule has 6 nitrogen and oxygen atoms in total. The fraction of sp³-hybridized carbons (Fsp3) is 0.273. The number of nitrogens with zero attached hydrogens (tertiary/aromatic N) is 3. The predicted octanol–water partition coefficient (Wildman–Crippen LogP) is 0.892. The van der Waals surface area contributed by atoms with Crippen molar-refractivity contribution in [2.75, 3.05) is 5.75 Å². The number of imidazole rings is 1. The molecule has 2 aromatic rings. The van der Waals surface area contributed by atoms with Gasteiger partial charge in [-0.3, -0.25) is 4.40 Å². The molecule has 1 aliphatic heterocycles. The Morgan fingerprint density at radius 2 is 2.26 bits per heavy atom. The molecule has 19 heavy (non-hydrogen) atoms. The number of halogens is 1. The molecule has 3 rings (SSSR count). The Balaban J connectivity index is 1.76. The van der Waals surface area contributed by atoms with Gasteiger partial charge in [-0.15, -0.1) is 0 Å².